The van der Waals surface area contributed by atoms with Gasteiger partial charge < -0.3 is 10.2 Å². The van der Waals surface area contributed by atoms with Crippen molar-refractivity contribution in [3.05, 3.63) is 63.7 Å². The molecular formula is C23H30ClN3O3S. The molecule has 1 N–H and O–H groups in total. The van der Waals surface area contributed by atoms with Crippen molar-refractivity contribution in [1.29, 1.82) is 0 Å². The molecule has 0 aromatic heterocycles. The van der Waals surface area contributed by atoms with Crippen molar-refractivity contribution in [2.75, 3.05) is 33.2 Å². The largest absolute Gasteiger partial charge is 0.348 e. The molecule has 1 amide bonds. The number of carbonyl (C=O) groups excluding carboxylic acids is 1. The Labute approximate surface area is 190 Å². The molecule has 1 heterocycles. The molecule has 2 aromatic carbocycles. The zero-order valence-electron chi connectivity index (χ0n) is 18.3. The highest BCUT2D eigenvalue weighted by atomic mass is 35.5. The van der Waals surface area contributed by atoms with Gasteiger partial charge in [0.15, 0.2) is 0 Å². The van der Waals surface area contributed by atoms with Crippen LogP contribution in [0.4, 0.5) is 0 Å². The minimum Gasteiger partial charge on any atom is -0.348 e. The number of nitrogens with one attached hydrogen (secondary N) is 1. The van der Waals surface area contributed by atoms with Crippen LogP contribution < -0.4 is 5.32 Å². The third-order valence-corrected chi connectivity index (χ3v) is 8.15. The summed E-state index contributed by atoms with van der Waals surface area (Å²) in [4.78, 5) is 14.9. The van der Waals surface area contributed by atoms with E-state index >= 15 is 0 Å². The number of carbonyl (C=O) groups is 1. The zero-order valence-corrected chi connectivity index (χ0v) is 19.9. The SMILES string of the molecule is CCc1ccc(CC)c(CNC(=O)c2ccc(Cl)c(S(=O)(=O)N3CCN(C)CC3)c2)c1. The molecule has 0 bridgehead atoms. The summed E-state index contributed by atoms with van der Waals surface area (Å²) in [7, 11) is -1.80. The number of likely N-dealkylation sites (N-methyl/N-ethyl adjacent to an activating group) is 1. The Bertz CT molecular complexity index is 1050. The summed E-state index contributed by atoms with van der Waals surface area (Å²) in [5.41, 5.74) is 3.76. The van der Waals surface area contributed by atoms with Gasteiger partial charge in [-0.1, -0.05) is 43.6 Å². The fourth-order valence-corrected chi connectivity index (χ4v) is 5.62. The van der Waals surface area contributed by atoms with E-state index in [-0.39, 0.29) is 21.4 Å². The van der Waals surface area contributed by atoms with E-state index in [0.717, 1.165) is 18.4 Å². The van der Waals surface area contributed by atoms with Crippen LogP contribution in [0.1, 0.15) is 40.9 Å². The van der Waals surface area contributed by atoms with E-state index in [1.54, 1.807) is 6.07 Å². The van der Waals surface area contributed by atoms with Gasteiger partial charge in [0.25, 0.3) is 5.91 Å². The highest BCUT2D eigenvalue weighted by Gasteiger charge is 2.30. The van der Waals surface area contributed by atoms with Crippen molar-refractivity contribution in [2.45, 2.75) is 38.1 Å². The summed E-state index contributed by atoms with van der Waals surface area (Å²) in [5, 5.41) is 3.05. The number of rotatable bonds is 7. The number of halogens is 1. The maximum atomic E-state index is 13.1. The molecule has 6 nitrogen and oxygen atoms in total. The van der Waals surface area contributed by atoms with Crippen LogP contribution in [-0.4, -0.2) is 56.8 Å². The standard InChI is InChI=1S/C23H30ClN3O3S/c1-4-17-6-7-18(5-2)20(14-17)16-25-23(28)19-8-9-21(24)22(15-19)31(29,30)27-12-10-26(3)11-13-27/h6-9,14-15H,4-5,10-13,16H2,1-3H3,(H,25,28). The highest BCUT2D eigenvalue weighted by Crippen LogP contribution is 2.27. The van der Waals surface area contributed by atoms with Gasteiger partial charge in [0.2, 0.25) is 10.0 Å². The first-order valence-corrected chi connectivity index (χ1v) is 12.4. The molecule has 0 aliphatic carbocycles. The number of sulfonamides is 1. The lowest BCUT2D eigenvalue weighted by Gasteiger charge is -2.31. The minimum atomic E-state index is -3.76. The average molecular weight is 464 g/mol. The fourth-order valence-electron chi connectivity index (χ4n) is 3.70. The van der Waals surface area contributed by atoms with Crippen LogP contribution in [0, 0.1) is 0 Å². The van der Waals surface area contributed by atoms with Gasteiger partial charge in [0, 0.05) is 38.3 Å². The second-order valence-corrected chi connectivity index (χ2v) is 10.2. The van der Waals surface area contributed by atoms with Gasteiger partial charge in [-0.05, 0) is 54.8 Å². The van der Waals surface area contributed by atoms with Crippen LogP contribution in [0.15, 0.2) is 41.3 Å². The summed E-state index contributed by atoms with van der Waals surface area (Å²) in [5.74, 6) is -0.324. The first kappa shape index (κ1) is 23.7. The van der Waals surface area contributed by atoms with Crippen molar-refractivity contribution in [3.63, 3.8) is 0 Å². The molecule has 1 saturated heterocycles. The van der Waals surface area contributed by atoms with Crippen LogP contribution in [0.5, 0.6) is 0 Å². The van der Waals surface area contributed by atoms with Crippen LogP contribution in [0.25, 0.3) is 0 Å². The van der Waals surface area contributed by atoms with Gasteiger partial charge in [-0.2, -0.15) is 4.31 Å². The number of piperazine rings is 1. The fraction of sp³-hybridized carbons (Fsp3) is 0.435. The lowest BCUT2D eigenvalue weighted by atomic mass is 10.0. The van der Waals surface area contributed by atoms with E-state index in [0.29, 0.717) is 32.7 Å². The lowest BCUT2D eigenvalue weighted by molar-refractivity contribution is 0.0950. The van der Waals surface area contributed by atoms with Gasteiger partial charge in [-0.25, -0.2) is 8.42 Å². The maximum Gasteiger partial charge on any atom is 0.251 e. The number of benzene rings is 2. The minimum absolute atomic E-state index is 0.0198. The van der Waals surface area contributed by atoms with Crippen molar-refractivity contribution in [2.24, 2.45) is 0 Å². The molecule has 1 aliphatic heterocycles. The smallest absolute Gasteiger partial charge is 0.251 e. The number of hydrogen-bond acceptors (Lipinski definition) is 4. The van der Waals surface area contributed by atoms with Gasteiger partial charge in [0.1, 0.15) is 4.90 Å². The van der Waals surface area contributed by atoms with E-state index in [2.05, 4.69) is 42.3 Å². The Hall–Kier alpha value is -1.93. The van der Waals surface area contributed by atoms with Gasteiger partial charge in [-0.15, -0.1) is 0 Å². The third kappa shape index (κ3) is 5.47. The molecule has 0 spiro atoms. The molecule has 168 valence electrons. The first-order chi connectivity index (χ1) is 14.8. The number of nitrogens with zero attached hydrogens (tertiary/aromatic N) is 2. The zero-order chi connectivity index (χ0) is 22.6. The predicted octanol–water partition coefficient (Wildman–Crippen LogP) is 3.33. The molecule has 1 fully saturated rings. The molecule has 1 aliphatic rings. The Morgan fingerprint density at radius 2 is 1.71 bits per heavy atom. The summed E-state index contributed by atoms with van der Waals surface area (Å²) in [6.07, 6.45) is 1.80. The predicted molar refractivity (Wildman–Crippen MR) is 124 cm³/mol. The molecule has 3 rings (SSSR count). The Balaban J connectivity index is 1.79. The second-order valence-electron chi connectivity index (χ2n) is 7.85. The third-order valence-electron chi connectivity index (χ3n) is 5.77. The second kappa shape index (κ2) is 10.1. The van der Waals surface area contributed by atoms with E-state index in [9.17, 15) is 13.2 Å². The number of hydrogen-bond donors (Lipinski definition) is 1. The van der Waals surface area contributed by atoms with Crippen LogP contribution in [0.2, 0.25) is 5.02 Å². The van der Waals surface area contributed by atoms with E-state index in [1.807, 2.05) is 7.05 Å². The van der Waals surface area contributed by atoms with Crippen molar-refractivity contribution >= 4 is 27.5 Å². The molecule has 0 unspecified atom stereocenters. The van der Waals surface area contributed by atoms with Crippen molar-refractivity contribution < 1.29 is 13.2 Å². The van der Waals surface area contributed by atoms with Gasteiger partial charge >= 0.3 is 0 Å². The van der Waals surface area contributed by atoms with Crippen molar-refractivity contribution in [1.82, 2.24) is 14.5 Å². The molecule has 31 heavy (non-hydrogen) atoms. The normalized spacial score (nSPS) is 15.7. The lowest BCUT2D eigenvalue weighted by Crippen LogP contribution is -2.47. The van der Waals surface area contributed by atoms with Crippen LogP contribution >= 0.6 is 11.6 Å². The van der Waals surface area contributed by atoms with E-state index < -0.39 is 10.0 Å². The molecule has 0 atom stereocenters. The van der Waals surface area contributed by atoms with Crippen LogP contribution in [0.3, 0.4) is 0 Å². The first-order valence-electron chi connectivity index (χ1n) is 10.6. The van der Waals surface area contributed by atoms with Crippen LogP contribution in [-0.2, 0) is 29.4 Å². The summed E-state index contributed by atoms with van der Waals surface area (Å²) >= 11 is 6.23. The summed E-state index contributed by atoms with van der Waals surface area (Å²) in [6.45, 7) is 6.69. The molecular weight excluding hydrogens is 434 g/mol. The van der Waals surface area contributed by atoms with Gasteiger partial charge in [-0.3, -0.25) is 4.79 Å². The number of amides is 1. The topological polar surface area (TPSA) is 69.7 Å². The maximum absolute atomic E-state index is 13.1. The Kier molecular flexibility index (Phi) is 7.75. The molecule has 8 heteroatoms. The summed E-state index contributed by atoms with van der Waals surface area (Å²) < 4.78 is 27.7. The molecule has 2 aromatic rings. The van der Waals surface area contributed by atoms with E-state index in [4.69, 9.17) is 11.6 Å². The summed E-state index contributed by atoms with van der Waals surface area (Å²) in [6, 6.07) is 10.7. The molecule has 0 saturated carbocycles. The van der Waals surface area contributed by atoms with E-state index in [1.165, 1.54) is 27.6 Å². The Morgan fingerprint density at radius 1 is 1.00 bits per heavy atom. The number of aryl methyl sites for hydroxylation is 2. The van der Waals surface area contributed by atoms with Gasteiger partial charge in [0.05, 0.1) is 5.02 Å². The van der Waals surface area contributed by atoms with Crippen molar-refractivity contribution in [3.8, 4) is 0 Å². The Morgan fingerprint density at radius 3 is 2.35 bits per heavy atom. The highest BCUT2D eigenvalue weighted by molar-refractivity contribution is 7.89. The quantitative estimate of drug-likeness (QED) is 0.683. The molecule has 0 radical (unpaired) electrons. The average Bonchev–Trinajstić information content (AvgIpc) is 2.77. The monoisotopic (exact) mass is 463 g/mol.